The molecule has 0 atom stereocenters. The van der Waals surface area contributed by atoms with E-state index in [1.165, 1.54) is 22.4 Å². The van der Waals surface area contributed by atoms with Crippen molar-refractivity contribution in [2.45, 2.75) is 12.5 Å². The molecule has 0 heterocycles. The molecule has 0 aromatic rings. The standard InChI is InChI=1S/C6H13NOSi.H4Si/c1-2-6(8)7-4-3-5-9;/h2H,1,3-5H2,9H3,(H,7,8);1H4. The summed E-state index contributed by atoms with van der Waals surface area (Å²) >= 11 is 0. The van der Waals surface area contributed by atoms with Crippen molar-refractivity contribution >= 4 is 27.1 Å². The molecule has 1 N–H and O–H groups in total. The van der Waals surface area contributed by atoms with Crippen molar-refractivity contribution < 1.29 is 4.79 Å². The van der Waals surface area contributed by atoms with Crippen LogP contribution in [-0.4, -0.2) is 33.7 Å². The minimum Gasteiger partial charge on any atom is -0.353 e. The molecule has 0 saturated carbocycles. The van der Waals surface area contributed by atoms with Gasteiger partial charge in [-0.15, -0.1) is 0 Å². The number of amides is 1. The molecule has 0 bridgehead atoms. The Labute approximate surface area is 69.5 Å². The summed E-state index contributed by atoms with van der Waals surface area (Å²) in [6.07, 6.45) is 2.40. The Hall–Kier alpha value is -0.356. The van der Waals surface area contributed by atoms with Crippen molar-refractivity contribution in [1.82, 2.24) is 5.32 Å². The predicted molar refractivity (Wildman–Crippen MR) is 53.9 cm³/mol. The van der Waals surface area contributed by atoms with Gasteiger partial charge in [0.05, 0.1) is 0 Å². The fraction of sp³-hybridized carbons (Fsp3) is 0.500. The molecular formula is C6H17NOSi2. The first kappa shape index (κ1) is 12.3. The number of rotatable bonds is 4. The van der Waals surface area contributed by atoms with Crippen LogP contribution >= 0.6 is 0 Å². The first-order valence-corrected chi connectivity index (χ1v) is 4.63. The second-order valence-corrected chi connectivity index (χ2v) is 2.85. The van der Waals surface area contributed by atoms with E-state index in [2.05, 4.69) is 11.9 Å². The largest absolute Gasteiger partial charge is 0.353 e. The molecule has 0 aliphatic carbocycles. The smallest absolute Gasteiger partial charge is 0.243 e. The van der Waals surface area contributed by atoms with Crippen LogP contribution in [0.4, 0.5) is 0 Å². The molecule has 0 aliphatic heterocycles. The molecule has 1 amide bonds. The normalized spacial score (nSPS) is 8.00. The van der Waals surface area contributed by atoms with Gasteiger partial charge in [-0.3, -0.25) is 4.79 Å². The zero-order valence-corrected chi connectivity index (χ0v) is 7.81. The lowest BCUT2D eigenvalue weighted by molar-refractivity contribution is -0.116. The second-order valence-electron chi connectivity index (χ2n) is 1.85. The van der Waals surface area contributed by atoms with Gasteiger partial charge in [-0.1, -0.05) is 12.6 Å². The van der Waals surface area contributed by atoms with E-state index < -0.39 is 0 Å². The van der Waals surface area contributed by atoms with E-state index >= 15 is 0 Å². The van der Waals surface area contributed by atoms with E-state index in [0.29, 0.717) is 0 Å². The Balaban J connectivity index is 0. The van der Waals surface area contributed by atoms with Crippen molar-refractivity contribution in [1.29, 1.82) is 0 Å². The highest BCUT2D eigenvalue weighted by Gasteiger charge is 1.88. The lowest BCUT2D eigenvalue weighted by Gasteiger charge is -1.97. The number of nitrogens with one attached hydrogen (secondary N) is 1. The van der Waals surface area contributed by atoms with Crippen LogP contribution in [0.15, 0.2) is 12.7 Å². The van der Waals surface area contributed by atoms with E-state index in [-0.39, 0.29) is 16.9 Å². The summed E-state index contributed by atoms with van der Waals surface area (Å²) in [6.45, 7) is 4.14. The first-order chi connectivity index (χ1) is 4.31. The zero-order chi connectivity index (χ0) is 7.11. The Morgan fingerprint density at radius 3 is 2.70 bits per heavy atom. The van der Waals surface area contributed by atoms with Crippen LogP contribution in [0.3, 0.4) is 0 Å². The van der Waals surface area contributed by atoms with Crippen molar-refractivity contribution in [2.75, 3.05) is 6.54 Å². The molecule has 0 rings (SSSR count). The lowest BCUT2D eigenvalue weighted by atomic mass is 10.4. The van der Waals surface area contributed by atoms with E-state index in [9.17, 15) is 4.79 Å². The molecule has 0 aromatic heterocycles. The quantitative estimate of drug-likeness (QED) is 0.299. The van der Waals surface area contributed by atoms with Crippen molar-refractivity contribution in [2.24, 2.45) is 0 Å². The molecule has 0 saturated heterocycles. The summed E-state index contributed by atoms with van der Waals surface area (Å²) < 4.78 is 0. The molecule has 0 spiro atoms. The van der Waals surface area contributed by atoms with Crippen molar-refractivity contribution in [3.05, 3.63) is 12.7 Å². The molecule has 0 fully saturated rings. The van der Waals surface area contributed by atoms with Crippen LogP contribution in [0.2, 0.25) is 6.04 Å². The fourth-order valence-electron chi connectivity index (χ4n) is 0.461. The Morgan fingerprint density at radius 1 is 1.70 bits per heavy atom. The number of carbonyl (C=O) groups is 1. The van der Waals surface area contributed by atoms with Gasteiger partial charge in [-0.25, -0.2) is 0 Å². The van der Waals surface area contributed by atoms with Crippen LogP contribution in [0.25, 0.3) is 0 Å². The van der Waals surface area contributed by atoms with Gasteiger partial charge in [-0.2, -0.15) is 0 Å². The van der Waals surface area contributed by atoms with Crippen LogP contribution in [-0.2, 0) is 4.79 Å². The SMILES string of the molecule is C=CC(=O)NCCC[SiH3].[SiH4]. The molecule has 4 heteroatoms. The molecule has 60 valence electrons. The molecule has 0 radical (unpaired) electrons. The molecule has 2 nitrogen and oxygen atoms in total. The van der Waals surface area contributed by atoms with Gasteiger partial charge in [0, 0.05) is 16.8 Å². The van der Waals surface area contributed by atoms with Gasteiger partial charge < -0.3 is 5.32 Å². The van der Waals surface area contributed by atoms with E-state index in [4.69, 9.17) is 0 Å². The Morgan fingerprint density at radius 2 is 2.30 bits per heavy atom. The third-order valence-electron chi connectivity index (χ3n) is 1.01. The minimum absolute atomic E-state index is 0. The molecule has 0 aromatic carbocycles. The van der Waals surface area contributed by atoms with Crippen molar-refractivity contribution in [3.8, 4) is 0 Å². The van der Waals surface area contributed by atoms with Gasteiger partial charge in [0.2, 0.25) is 5.91 Å². The molecular weight excluding hydrogens is 158 g/mol. The summed E-state index contributed by atoms with van der Waals surface area (Å²) in [5, 5.41) is 2.70. The predicted octanol–water partition coefficient (Wildman–Crippen LogP) is -1.99. The first-order valence-electron chi connectivity index (χ1n) is 3.21. The topological polar surface area (TPSA) is 29.1 Å². The maximum atomic E-state index is 10.5. The third kappa shape index (κ3) is 7.64. The highest BCUT2D eigenvalue weighted by molar-refractivity contribution is 6.08. The second kappa shape index (κ2) is 8.64. The summed E-state index contributed by atoms with van der Waals surface area (Å²) in [7, 11) is 1.22. The fourth-order valence-corrected chi connectivity index (χ4v) is 0.814. The molecule has 10 heavy (non-hydrogen) atoms. The average Bonchev–Trinajstić information content (AvgIpc) is 1.89. The molecule has 0 aliphatic rings. The number of carbonyl (C=O) groups excluding carboxylic acids is 1. The number of hydrogen-bond acceptors (Lipinski definition) is 1. The maximum absolute atomic E-state index is 10.5. The van der Waals surface area contributed by atoms with Gasteiger partial charge in [0.25, 0.3) is 0 Å². The highest BCUT2D eigenvalue weighted by atomic mass is 28.1. The van der Waals surface area contributed by atoms with Crippen LogP contribution in [0, 0.1) is 0 Å². The summed E-state index contributed by atoms with van der Waals surface area (Å²) in [4.78, 5) is 10.5. The van der Waals surface area contributed by atoms with E-state index in [1.807, 2.05) is 0 Å². The summed E-state index contributed by atoms with van der Waals surface area (Å²) in [6, 6.07) is 1.25. The van der Waals surface area contributed by atoms with Gasteiger partial charge in [0.15, 0.2) is 0 Å². The van der Waals surface area contributed by atoms with Gasteiger partial charge in [0.1, 0.15) is 0 Å². The summed E-state index contributed by atoms with van der Waals surface area (Å²) in [5.74, 6) is -0.0647. The van der Waals surface area contributed by atoms with Crippen molar-refractivity contribution in [3.63, 3.8) is 0 Å². The molecule has 0 unspecified atom stereocenters. The maximum Gasteiger partial charge on any atom is 0.243 e. The number of hydrogen-bond donors (Lipinski definition) is 1. The average molecular weight is 175 g/mol. The van der Waals surface area contributed by atoms with Crippen LogP contribution in [0.5, 0.6) is 0 Å². The van der Waals surface area contributed by atoms with Crippen LogP contribution < -0.4 is 5.32 Å². The van der Waals surface area contributed by atoms with Crippen LogP contribution in [0.1, 0.15) is 6.42 Å². The van der Waals surface area contributed by atoms with Gasteiger partial charge in [-0.05, 0) is 23.5 Å². The minimum atomic E-state index is -0.0647. The summed E-state index contributed by atoms with van der Waals surface area (Å²) in [5.41, 5.74) is 0. The van der Waals surface area contributed by atoms with E-state index in [1.54, 1.807) is 0 Å². The monoisotopic (exact) mass is 175 g/mol. The Kier molecular flexibility index (Phi) is 10.7. The zero-order valence-electron chi connectivity index (χ0n) is 5.81. The van der Waals surface area contributed by atoms with Gasteiger partial charge >= 0.3 is 0 Å². The lowest BCUT2D eigenvalue weighted by Crippen LogP contribution is -2.21. The Bertz CT molecular complexity index is 106. The highest BCUT2D eigenvalue weighted by Crippen LogP contribution is 1.79. The van der Waals surface area contributed by atoms with E-state index in [0.717, 1.165) is 13.0 Å². The third-order valence-corrected chi connectivity index (χ3v) is 1.72.